The van der Waals surface area contributed by atoms with Crippen LogP contribution in [0.4, 0.5) is 0 Å². The third-order valence-corrected chi connectivity index (χ3v) is 5.88. The van der Waals surface area contributed by atoms with Crippen molar-refractivity contribution in [2.45, 2.75) is 38.3 Å². The summed E-state index contributed by atoms with van der Waals surface area (Å²) < 4.78 is 5.79. The molecule has 1 atom stereocenters. The molecule has 2 heterocycles. The molecule has 27 heavy (non-hydrogen) atoms. The molecule has 0 aromatic heterocycles. The average molecular weight is 376 g/mol. The molecule has 2 aliphatic heterocycles. The second-order valence-corrected chi connectivity index (χ2v) is 8.36. The first kappa shape index (κ1) is 20.1. The number of carboxylic acids is 1. The number of nitrogens with one attached hydrogen (secondary N) is 1. The zero-order valence-corrected chi connectivity index (χ0v) is 16.6. The Balaban J connectivity index is 1.56. The lowest BCUT2D eigenvalue weighted by Crippen LogP contribution is -2.38. The van der Waals surface area contributed by atoms with Crippen LogP contribution in [0.3, 0.4) is 0 Å². The third kappa shape index (κ3) is 5.43. The molecule has 6 heteroatoms. The second-order valence-electron chi connectivity index (χ2n) is 8.36. The number of nitrogens with zero attached hydrogens (tertiary/aromatic N) is 2. The molecule has 1 spiro atoms. The fraction of sp³-hybridized carbons (Fsp3) is 0.667. The zero-order chi connectivity index (χ0) is 19.3. The lowest BCUT2D eigenvalue weighted by atomic mass is 9.77. The zero-order valence-electron chi connectivity index (χ0n) is 16.6. The molecule has 0 aliphatic carbocycles. The van der Waals surface area contributed by atoms with Crippen LogP contribution in [0.2, 0.25) is 0 Å². The molecular formula is C21H33N3O3. The predicted octanol–water partition coefficient (Wildman–Crippen LogP) is 2.05. The number of carboxylic acid groups (broad SMARTS) is 1. The molecule has 150 valence electrons. The van der Waals surface area contributed by atoms with Gasteiger partial charge in [0.2, 0.25) is 0 Å². The van der Waals surface area contributed by atoms with Gasteiger partial charge in [0.25, 0.3) is 0 Å². The number of hydrogen-bond donors (Lipinski definition) is 2. The van der Waals surface area contributed by atoms with Crippen LogP contribution in [0.15, 0.2) is 24.3 Å². The van der Waals surface area contributed by atoms with E-state index in [1.54, 1.807) is 0 Å². The van der Waals surface area contributed by atoms with E-state index in [0.29, 0.717) is 13.2 Å². The van der Waals surface area contributed by atoms with Crippen LogP contribution in [-0.2, 0) is 11.3 Å². The van der Waals surface area contributed by atoms with Crippen molar-refractivity contribution >= 4 is 5.97 Å². The Morgan fingerprint density at radius 3 is 2.63 bits per heavy atom. The van der Waals surface area contributed by atoms with E-state index >= 15 is 0 Å². The largest absolute Gasteiger partial charge is 0.494 e. The van der Waals surface area contributed by atoms with Crippen LogP contribution in [0, 0.1) is 5.41 Å². The lowest BCUT2D eigenvalue weighted by molar-refractivity contribution is -0.142. The first-order valence-electron chi connectivity index (χ1n) is 10.0. The maximum Gasteiger partial charge on any atom is 0.320 e. The Morgan fingerprint density at radius 2 is 2.00 bits per heavy atom. The Kier molecular flexibility index (Phi) is 6.73. The maximum absolute atomic E-state index is 11.8. The summed E-state index contributed by atoms with van der Waals surface area (Å²) in [4.78, 5) is 16.1. The summed E-state index contributed by atoms with van der Waals surface area (Å²) in [5.41, 5.74) is 1.32. The Bertz CT molecular complexity index is 612. The van der Waals surface area contributed by atoms with Crippen molar-refractivity contribution in [3.8, 4) is 5.75 Å². The van der Waals surface area contributed by atoms with Crippen molar-refractivity contribution in [1.82, 2.24) is 15.1 Å². The first-order valence-corrected chi connectivity index (χ1v) is 10.0. The van der Waals surface area contributed by atoms with Crippen LogP contribution in [-0.4, -0.2) is 73.8 Å². The van der Waals surface area contributed by atoms with Crippen molar-refractivity contribution in [2.75, 3.05) is 46.9 Å². The standard InChI is InChI=1S/C21H33N3O3/c1-23(2)12-3-13-27-18-6-4-17(5-7-18)15-24-16-21(8-10-22-11-9-21)14-19(24)20(25)26/h4-7,19,22H,3,8-16H2,1-2H3,(H,25,26)/t19-/m1/s1. The smallest absolute Gasteiger partial charge is 0.320 e. The SMILES string of the molecule is CN(C)CCCOc1ccc(CN2CC3(CCNCC3)C[C@@H]2C(=O)O)cc1. The van der Waals surface area contributed by atoms with Gasteiger partial charge in [-0.2, -0.15) is 0 Å². The number of rotatable bonds is 8. The van der Waals surface area contributed by atoms with Gasteiger partial charge < -0.3 is 20.1 Å². The van der Waals surface area contributed by atoms with Crippen molar-refractivity contribution in [1.29, 1.82) is 0 Å². The quantitative estimate of drug-likeness (QED) is 0.678. The molecule has 6 nitrogen and oxygen atoms in total. The Morgan fingerprint density at radius 1 is 1.30 bits per heavy atom. The molecule has 1 aromatic rings. The monoisotopic (exact) mass is 375 g/mol. The minimum Gasteiger partial charge on any atom is -0.494 e. The average Bonchev–Trinajstić information content (AvgIpc) is 2.98. The molecule has 2 fully saturated rings. The molecular weight excluding hydrogens is 342 g/mol. The highest BCUT2D eigenvalue weighted by molar-refractivity contribution is 5.74. The van der Waals surface area contributed by atoms with Gasteiger partial charge in [0.05, 0.1) is 6.61 Å². The molecule has 0 bridgehead atoms. The van der Waals surface area contributed by atoms with E-state index in [9.17, 15) is 9.90 Å². The molecule has 2 aliphatic rings. The number of benzene rings is 1. The topological polar surface area (TPSA) is 65.0 Å². The highest BCUT2D eigenvalue weighted by Gasteiger charge is 2.46. The van der Waals surface area contributed by atoms with E-state index in [0.717, 1.165) is 63.2 Å². The minimum atomic E-state index is -0.689. The molecule has 0 saturated carbocycles. The summed E-state index contributed by atoms with van der Waals surface area (Å²) in [7, 11) is 4.12. The Labute approximate surface area is 162 Å². The first-order chi connectivity index (χ1) is 13.0. The molecule has 2 N–H and O–H groups in total. The summed E-state index contributed by atoms with van der Waals surface area (Å²) in [6.45, 7) is 5.30. The van der Waals surface area contributed by atoms with Gasteiger partial charge in [-0.3, -0.25) is 9.69 Å². The van der Waals surface area contributed by atoms with Crippen LogP contribution in [0.5, 0.6) is 5.75 Å². The molecule has 1 aromatic carbocycles. The van der Waals surface area contributed by atoms with E-state index in [4.69, 9.17) is 4.74 Å². The van der Waals surface area contributed by atoms with Gasteiger partial charge in [-0.15, -0.1) is 0 Å². The van der Waals surface area contributed by atoms with Crippen LogP contribution >= 0.6 is 0 Å². The summed E-state index contributed by atoms with van der Waals surface area (Å²) in [5.74, 6) is 0.190. The summed E-state index contributed by atoms with van der Waals surface area (Å²) in [6, 6.07) is 7.75. The van der Waals surface area contributed by atoms with Crippen molar-refractivity contribution in [2.24, 2.45) is 5.41 Å². The fourth-order valence-corrected chi connectivity index (χ4v) is 4.37. The number of ether oxygens (including phenoxy) is 1. The minimum absolute atomic E-state index is 0.170. The number of piperidine rings is 1. The number of likely N-dealkylation sites (tertiary alicyclic amines) is 1. The summed E-state index contributed by atoms with van der Waals surface area (Å²) >= 11 is 0. The van der Waals surface area contributed by atoms with Gasteiger partial charge in [-0.25, -0.2) is 0 Å². The number of aliphatic carboxylic acids is 1. The van der Waals surface area contributed by atoms with E-state index in [-0.39, 0.29) is 11.5 Å². The molecule has 3 rings (SSSR count). The van der Waals surface area contributed by atoms with Crippen molar-refractivity contribution < 1.29 is 14.6 Å². The van der Waals surface area contributed by atoms with Crippen molar-refractivity contribution in [3.63, 3.8) is 0 Å². The highest BCUT2D eigenvalue weighted by Crippen LogP contribution is 2.42. The Hall–Kier alpha value is -1.63. The van der Waals surface area contributed by atoms with Gasteiger partial charge in [0.1, 0.15) is 11.8 Å². The predicted molar refractivity (Wildman–Crippen MR) is 106 cm³/mol. The van der Waals surface area contributed by atoms with Crippen molar-refractivity contribution in [3.05, 3.63) is 29.8 Å². The van der Waals surface area contributed by atoms with Crippen LogP contribution in [0.25, 0.3) is 0 Å². The molecule has 0 unspecified atom stereocenters. The third-order valence-electron chi connectivity index (χ3n) is 5.88. The molecule has 0 amide bonds. The number of carbonyl (C=O) groups is 1. The van der Waals surface area contributed by atoms with Gasteiger partial charge in [-0.05, 0) is 76.0 Å². The second kappa shape index (κ2) is 9.04. The number of hydrogen-bond acceptors (Lipinski definition) is 5. The van der Waals surface area contributed by atoms with Crippen LogP contribution < -0.4 is 10.1 Å². The molecule has 2 saturated heterocycles. The summed E-state index contributed by atoms with van der Waals surface area (Å²) in [6.07, 6.45) is 3.93. The van der Waals surface area contributed by atoms with Gasteiger partial charge in [0.15, 0.2) is 0 Å². The fourth-order valence-electron chi connectivity index (χ4n) is 4.37. The highest BCUT2D eigenvalue weighted by atomic mass is 16.5. The lowest BCUT2D eigenvalue weighted by Gasteiger charge is -2.33. The maximum atomic E-state index is 11.8. The van der Waals surface area contributed by atoms with E-state index in [2.05, 4.69) is 41.3 Å². The van der Waals surface area contributed by atoms with Gasteiger partial charge in [0, 0.05) is 19.6 Å². The van der Waals surface area contributed by atoms with E-state index in [1.807, 2.05) is 12.1 Å². The molecule has 0 radical (unpaired) electrons. The van der Waals surface area contributed by atoms with Gasteiger partial charge in [-0.1, -0.05) is 12.1 Å². The normalized spacial score (nSPS) is 22.4. The van der Waals surface area contributed by atoms with Gasteiger partial charge >= 0.3 is 5.97 Å². The van der Waals surface area contributed by atoms with E-state index in [1.165, 1.54) is 0 Å². The van der Waals surface area contributed by atoms with E-state index < -0.39 is 5.97 Å². The summed E-state index contributed by atoms with van der Waals surface area (Å²) in [5, 5.41) is 13.1. The van der Waals surface area contributed by atoms with Crippen LogP contribution in [0.1, 0.15) is 31.2 Å².